The van der Waals surface area contributed by atoms with Gasteiger partial charge in [0.25, 0.3) is 0 Å². The van der Waals surface area contributed by atoms with E-state index in [1.165, 1.54) is 5.56 Å². The lowest BCUT2D eigenvalue weighted by Crippen LogP contribution is -2.37. The number of aromatic nitrogens is 2. The monoisotopic (exact) mass is 343 g/mol. The maximum Gasteiger partial charge on any atom is 0.325 e. The fourth-order valence-electron chi connectivity index (χ4n) is 3.50. The van der Waals surface area contributed by atoms with Gasteiger partial charge in [-0.2, -0.15) is 5.10 Å². The van der Waals surface area contributed by atoms with Crippen LogP contribution in [0.25, 0.3) is 11.1 Å². The SMILES string of the molecule is Cc1nn(CC(=O)O)c(C)c1-c1ccc([C@H](C)N2CCOCC2)cc1. The van der Waals surface area contributed by atoms with E-state index in [0.717, 1.165) is 48.8 Å². The van der Waals surface area contributed by atoms with Crippen LogP contribution in [0.3, 0.4) is 0 Å². The van der Waals surface area contributed by atoms with Crippen molar-refractivity contribution < 1.29 is 14.6 Å². The van der Waals surface area contributed by atoms with E-state index in [-0.39, 0.29) is 6.54 Å². The van der Waals surface area contributed by atoms with Gasteiger partial charge in [-0.15, -0.1) is 0 Å². The summed E-state index contributed by atoms with van der Waals surface area (Å²) in [6.07, 6.45) is 0. The molecule has 1 aromatic heterocycles. The van der Waals surface area contributed by atoms with Gasteiger partial charge in [0.1, 0.15) is 6.54 Å². The number of carboxylic acid groups (broad SMARTS) is 1. The van der Waals surface area contributed by atoms with Crippen LogP contribution in [0.15, 0.2) is 24.3 Å². The molecule has 25 heavy (non-hydrogen) atoms. The summed E-state index contributed by atoms with van der Waals surface area (Å²) in [4.78, 5) is 13.4. The molecule has 0 unspecified atom stereocenters. The first kappa shape index (κ1) is 17.6. The van der Waals surface area contributed by atoms with E-state index in [2.05, 4.69) is 41.2 Å². The van der Waals surface area contributed by atoms with Gasteiger partial charge in [0, 0.05) is 30.4 Å². The normalized spacial score (nSPS) is 16.8. The minimum atomic E-state index is -0.883. The fraction of sp³-hybridized carbons (Fsp3) is 0.474. The van der Waals surface area contributed by atoms with Crippen LogP contribution in [-0.2, 0) is 16.1 Å². The van der Waals surface area contributed by atoms with Crippen LogP contribution >= 0.6 is 0 Å². The van der Waals surface area contributed by atoms with Crippen molar-refractivity contribution in [2.75, 3.05) is 26.3 Å². The molecule has 0 amide bonds. The first-order chi connectivity index (χ1) is 12.0. The maximum atomic E-state index is 11.0. The summed E-state index contributed by atoms with van der Waals surface area (Å²) in [5.74, 6) is -0.883. The van der Waals surface area contributed by atoms with Crippen LogP contribution < -0.4 is 0 Å². The molecular formula is C19H25N3O3. The highest BCUT2D eigenvalue weighted by atomic mass is 16.5. The first-order valence-corrected chi connectivity index (χ1v) is 8.65. The molecule has 1 saturated heterocycles. The Labute approximate surface area is 148 Å². The van der Waals surface area contributed by atoms with Gasteiger partial charge in [-0.3, -0.25) is 14.4 Å². The second kappa shape index (κ2) is 7.37. The van der Waals surface area contributed by atoms with Gasteiger partial charge in [-0.1, -0.05) is 24.3 Å². The highest BCUT2D eigenvalue weighted by Gasteiger charge is 2.19. The van der Waals surface area contributed by atoms with E-state index in [1.807, 2.05) is 13.8 Å². The van der Waals surface area contributed by atoms with Crippen molar-refractivity contribution in [1.29, 1.82) is 0 Å². The van der Waals surface area contributed by atoms with Gasteiger partial charge in [0.05, 0.1) is 18.9 Å². The lowest BCUT2D eigenvalue weighted by molar-refractivity contribution is -0.137. The molecule has 0 saturated carbocycles. The predicted molar refractivity (Wildman–Crippen MR) is 95.6 cm³/mol. The molecule has 0 bridgehead atoms. The Kier molecular flexibility index (Phi) is 5.20. The second-order valence-corrected chi connectivity index (χ2v) is 6.54. The van der Waals surface area contributed by atoms with E-state index in [4.69, 9.17) is 9.84 Å². The number of nitrogens with zero attached hydrogens (tertiary/aromatic N) is 3. The molecule has 1 fully saturated rings. The number of aryl methyl sites for hydroxylation is 1. The summed E-state index contributed by atoms with van der Waals surface area (Å²) in [6.45, 7) is 9.47. The summed E-state index contributed by atoms with van der Waals surface area (Å²) in [5, 5.41) is 13.4. The lowest BCUT2D eigenvalue weighted by atomic mass is 9.99. The van der Waals surface area contributed by atoms with Gasteiger partial charge in [0.2, 0.25) is 0 Å². The minimum Gasteiger partial charge on any atom is -0.480 e. The summed E-state index contributed by atoms with van der Waals surface area (Å²) in [7, 11) is 0. The van der Waals surface area contributed by atoms with Crippen LogP contribution in [-0.4, -0.2) is 52.1 Å². The molecule has 3 rings (SSSR count). The number of hydrogen-bond donors (Lipinski definition) is 1. The van der Waals surface area contributed by atoms with Gasteiger partial charge < -0.3 is 9.84 Å². The molecule has 1 atom stereocenters. The fourth-order valence-corrected chi connectivity index (χ4v) is 3.50. The van der Waals surface area contributed by atoms with Crippen LogP contribution in [0.4, 0.5) is 0 Å². The molecule has 1 aromatic carbocycles. The van der Waals surface area contributed by atoms with Gasteiger partial charge in [0.15, 0.2) is 0 Å². The van der Waals surface area contributed by atoms with E-state index in [1.54, 1.807) is 4.68 Å². The number of aliphatic carboxylic acids is 1. The lowest BCUT2D eigenvalue weighted by Gasteiger charge is -2.32. The molecular weight excluding hydrogens is 318 g/mol. The third-order valence-electron chi connectivity index (χ3n) is 4.94. The Balaban J connectivity index is 1.83. The van der Waals surface area contributed by atoms with Crippen molar-refractivity contribution in [2.24, 2.45) is 0 Å². The Morgan fingerprint density at radius 1 is 1.24 bits per heavy atom. The van der Waals surface area contributed by atoms with E-state index in [9.17, 15) is 4.79 Å². The van der Waals surface area contributed by atoms with Gasteiger partial charge in [-0.25, -0.2) is 0 Å². The van der Waals surface area contributed by atoms with Gasteiger partial charge >= 0.3 is 5.97 Å². The Morgan fingerprint density at radius 3 is 2.48 bits per heavy atom. The molecule has 6 nitrogen and oxygen atoms in total. The van der Waals surface area contributed by atoms with Crippen LogP contribution in [0.2, 0.25) is 0 Å². The zero-order valence-electron chi connectivity index (χ0n) is 15.0. The highest BCUT2D eigenvalue weighted by molar-refractivity contribution is 5.71. The smallest absolute Gasteiger partial charge is 0.325 e. The Bertz CT molecular complexity index is 746. The zero-order chi connectivity index (χ0) is 18.0. The number of morpholine rings is 1. The molecule has 2 aromatic rings. The second-order valence-electron chi connectivity index (χ2n) is 6.54. The number of carbonyl (C=O) groups is 1. The molecule has 1 N–H and O–H groups in total. The van der Waals surface area contributed by atoms with Crippen molar-refractivity contribution in [3.05, 3.63) is 41.2 Å². The quantitative estimate of drug-likeness (QED) is 0.904. The van der Waals surface area contributed by atoms with Crippen LogP contribution in [0, 0.1) is 13.8 Å². The number of rotatable bonds is 5. The summed E-state index contributed by atoms with van der Waals surface area (Å²) < 4.78 is 6.98. The van der Waals surface area contributed by atoms with Crippen molar-refractivity contribution in [1.82, 2.24) is 14.7 Å². The third-order valence-corrected chi connectivity index (χ3v) is 4.94. The highest BCUT2D eigenvalue weighted by Crippen LogP contribution is 2.29. The minimum absolute atomic E-state index is 0.112. The van der Waals surface area contributed by atoms with Gasteiger partial charge in [-0.05, 0) is 31.9 Å². The number of carboxylic acids is 1. The standard InChI is InChI=1S/C19H25N3O3/c1-13-19(15(3)22(20-13)12-18(23)24)17-6-4-16(5-7-17)14(2)21-8-10-25-11-9-21/h4-7,14H,8-12H2,1-3H3,(H,23,24)/t14-/m0/s1. The third kappa shape index (κ3) is 3.75. The summed E-state index contributed by atoms with van der Waals surface area (Å²) >= 11 is 0. The molecule has 1 aliphatic rings. The Hall–Kier alpha value is -2.18. The molecule has 0 spiro atoms. The molecule has 0 aliphatic carbocycles. The van der Waals surface area contributed by atoms with Crippen molar-refractivity contribution in [3.63, 3.8) is 0 Å². The Morgan fingerprint density at radius 2 is 1.88 bits per heavy atom. The first-order valence-electron chi connectivity index (χ1n) is 8.65. The van der Waals surface area contributed by atoms with Crippen LogP contribution in [0.5, 0.6) is 0 Å². The van der Waals surface area contributed by atoms with Crippen LogP contribution in [0.1, 0.15) is 29.9 Å². The van der Waals surface area contributed by atoms with Crippen molar-refractivity contribution in [2.45, 2.75) is 33.4 Å². The molecule has 2 heterocycles. The predicted octanol–water partition coefficient (Wildman–Crippen LogP) is 2.64. The number of benzene rings is 1. The summed E-state index contributed by atoms with van der Waals surface area (Å²) in [6, 6.07) is 8.88. The topological polar surface area (TPSA) is 67.6 Å². The summed E-state index contributed by atoms with van der Waals surface area (Å²) in [5.41, 5.74) is 5.11. The molecule has 6 heteroatoms. The molecule has 134 valence electrons. The van der Waals surface area contributed by atoms with Crippen molar-refractivity contribution >= 4 is 5.97 Å². The largest absolute Gasteiger partial charge is 0.480 e. The average Bonchev–Trinajstić information content (AvgIpc) is 2.88. The number of hydrogen-bond acceptors (Lipinski definition) is 4. The van der Waals surface area contributed by atoms with E-state index >= 15 is 0 Å². The maximum absolute atomic E-state index is 11.0. The molecule has 0 radical (unpaired) electrons. The number of ether oxygens (including phenoxy) is 1. The van der Waals surface area contributed by atoms with E-state index < -0.39 is 5.97 Å². The van der Waals surface area contributed by atoms with Crippen molar-refractivity contribution in [3.8, 4) is 11.1 Å². The van der Waals surface area contributed by atoms with E-state index in [0.29, 0.717) is 6.04 Å². The zero-order valence-corrected chi connectivity index (χ0v) is 15.0. The molecule has 1 aliphatic heterocycles. The average molecular weight is 343 g/mol.